The van der Waals surface area contributed by atoms with E-state index in [1.165, 1.54) is 43.2 Å². The largest absolute Gasteiger partial charge is 0.360 e. The van der Waals surface area contributed by atoms with Crippen LogP contribution in [0.15, 0.2) is 191 Å². The second kappa shape index (κ2) is 12.1. The summed E-state index contributed by atoms with van der Waals surface area (Å²) in [5.74, 6) is 0. The van der Waals surface area contributed by atoms with Gasteiger partial charge in [-0.25, -0.2) is 0 Å². The van der Waals surface area contributed by atoms with Crippen molar-refractivity contribution in [2.45, 2.75) is 21.4 Å². The maximum absolute atomic E-state index is 9.47. The molecule has 0 saturated heterocycles. The third-order valence-corrected chi connectivity index (χ3v) is 11.8. The highest BCUT2D eigenvalue weighted by atomic mass is 32.2. The molecule has 4 heteroatoms. The van der Waals surface area contributed by atoms with Crippen molar-refractivity contribution in [1.29, 1.82) is 5.26 Å². The number of aliphatic imine (C=N–C) groups is 1. The fourth-order valence-electron chi connectivity index (χ4n) is 8.25. The van der Waals surface area contributed by atoms with Crippen LogP contribution in [0.5, 0.6) is 0 Å². The van der Waals surface area contributed by atoms with Crippen molar-refractivity contribution < 1.29 is 0 Å². The van der Waals surface area contributed by atoms with Gasteiger partial charge < -0.3 is 5.32 Å². The van der Waals surface area contributed by atoms with Gasteiger partial charge in [0, 0.05) is 15.5 Å². The summed E-state index contributed by atoms with van der Waals surface area (Å²) in [5.41, 5.74) is 15.3. The lowest BCUT2D eigenvalue weighted by atomic mass is 9.66. The molecule has 10 rings (SSSR count). The molecular weight excluding hydrogens is 651 g/mol. The summed E-state index contributed by atoms with van der Waals surface area (Å²) < 4.78 is 0. The van der Waals surface area contributed by atoms with Gasteiger partial charge in [-0.1, -0.05) is 145 Å². The van der Waals surface area contributed by atoms with Crippen molar-refractivity contribution in [3.05, 3.63) is 220 Å². The minimum Gasteiger partial charge on any atom is -0.360 e. The lowest BCUT2D eigenvalue weighted by Crippen LogP contribution is -2.32. The third kappa shape index (κ3) is 4.71. The summed E-state index contributed by atoms with van der Waals surface area (Å²) in [6.45, 7) is 0. The Balaban J connectivity index is 1.20. The fourth-order valence-corrected chi connectivity index (χ4v) is 9.42. The van der Waals surface area contributed by atoms with Crippen molar-refractivity contribution in [2.75, 3.05) is 0 Å². The number of hydrogen-bond donors (Lipinski definition) is 1. The zero-order valence-corrected chi connectivity index (χ0v) is 28.9. The molecule has 0 bridgehead atoms. The minimum absolute atomic E-state index is 0.292. The molecule has 2 atom stereocenters. The van der Waals surface area contributed by atoms with Gasteiger partial charge in [-0.15, -0.1) is 0 Å². The number of fused-ring (bicyclic) bond motifs is 9. The number of nitrogens with zero attached hydrogens (tertiary/aromatic N) is 2. The van der Waals surface area contributed by atoms with Gasteiger partial charge in [-0.2, -0.15) is 5.26 Å². The van der Waals surface area contributed by atoms with Crippen LogP contribution < -0.4 is 5.32 Å². The molecule has 7 aromatic carbocycles. The molecule has 7 aromatic rings. The molecule has 2 heterocycles. The molecule has 3 nitrogen and oxygen atoms in total. The van der Waals surface area contributed by atoms with E-state index >= 15 is 0 Å². The molecule has 1 N–H and O–H groups in total. The summed E-state index contributed by atoms with van der Waals surface area (Å²) in [4.78, 5) is 7.88. The molecule has 0 saturated carbocycles. The molecule has 0 fully saturated rings. The molecular formula is C48H31N3S. The molecule has 1 aliphatic carbocycles. The number of benzene rings is 7. The van der Waals surface area contributed by atoms with E-state index in [0.717, 1.165) is 39.2 Å². The van der Waals surface area contributed by atoms with E-state index in [0.29, 0.717) is 5.56 Å². The molecule has 3 aliphatic rings. The van der Waals surface area contributed by atoms with Crippen LogP contribution in [0.2, 0.25) is 0 Å². The van der Waals surface area contributed by atoms with Gasteiger partial charge in [-0.3, -0.25) is 4.99 Å². The Hall–Kier alpha value is -6.41. The van der Waals surface area contributed by atoms with E-state index < -0.39 is 5.41 Å². The van der Waals surface area contributed by atoms with Gasteiger partial charge >= 0.3 is 0 Å². The Labute approximate surface area is 307 Å². The highest BCUT2D eigenvalue weighted by Gasteiger charge is 2.50. The SMILES string of the molecule is N#Cc1ccc(-c2ccc3c(c2)C2(c4ccccc4S3)c3ccccc3-c3ccc(C4N=C(c5ccccc5)C=C(c5ccccc5)N4)cc32)cc1. The average molecular weight is 682 g/mol. The standard InChI is InChI=1S/C48H31N3S/c49-30-31-19-21-32(22-20-31)35-24-26-46-42(27-35)48(40-17-9-10-18-45(40)52-46)39-16-8-7-15-37(39)38-25-23-36(28-41(38)48)47-50-43(33-11-3-1-4-12-33)29-44(51-47)34-13-5-2-6-14-34/h1-29,47,50H. The van der Waals surface area contributed by atoms with Crippen molar-refractivity contribution in [1.82, 2.24) is 5.32 Å². The second-order valence-corrected chi connectivity index (χ2v) is 14.5. The topological polar surface area (TPSA) is 48.2 Å². The molecule has 2 unspecified atom stereocenters. The van der Waals surface area contributed by atoms with Crippen LogP contribution in [-0.2, 0) is 5.41 Å². The first-order chi connectivity index (χ1) is 25.7. The van der Waals surface area contributed by atoms with Crippen LogP contribution in [0.1, 0.15) is 50.7 Å². The number of allylic oxidation sites excluding steroid dienone is 1. The normalized spacial score (nSPS) is 17.8. The summed E-state index contributed by atoms with van der Waals surface area (Å²) in [6, 6.07) is 62.9. The molecule has 1 spiro atoms. The van der Waals surface area contributed by atoms with Gasteiger partial charge in [-0.05, 0) is 104 Å². The molecule has 2 aliphatic heterocycles. The molecule has 0 amide bonds. The smallest absolute Gasteiger partial charge is 0.145 e. The number of nitrogens with one attached hydrogen (secondary N) is 1. The van der Waals surface area contributed by atoms with Crippen molar-refractivity contribution in [3.63, 3.8) is 0 Å². The van der Waals surface area contributed by atoms with Gasteiger partial charge in [0.1, 0.15) is 6.17 Å². The lowest BCUT2D eigenvalue weighted by molar-refractivity contribution is 0.658. The van der Waals surface area contributed by atoms with Crippen molar-refractivity contribution >= 4 is 23.2 Å². The molecule has 244 valence electrons. The van der Waals surface area contributed by atoms with E-state index in [1.54, 1.807) is 0 Å². The molecule has 52 heavy (non-hydrogen) atoms. The predicted octanol–water partition coefficient (Wildman–Crippen LogP) is 11.2. The van der Waals surface area contributed by atoms with Gasteiger partial charge in [0.05, 0.1) is 22.8 Å². The van der Waals surface area contributed by atoms with E-state index in [9.17, 15) is 5.26 Å². The maximum atomic E-state index is 9.47. The Morgan fingerprint density at radius 1 is 0.538 bits per heavy atom. The van der Waals surface area contributed by atoms with Crippen LogP contribution >= 0.6 is 11.8 Å². The Kier molecular flexibility index (Phi) is 7.09. The van der Waals surface area contributed by atoms with Crippen LogP contribution in [0, 0.1) is 11.3 Å². The van der Waals surface area contributed by atoms with Gasteiger partial charge in [0.25, 0.3) is 0 Å². The number of nitriles is 1. The zero-order chi connectivity index (χ0) is 34.6. The molecule has 0 aromatic heterocycles. The Morgan fingerprint density at radius 3 is 1.98 bits per heavy atom. The van der Waals surface area contributed by atoms with E-state index in [2.05, 4.69) is 169 Å². The second-order valence-electron chi connectivity index (χ2n) is 13.5. The van der Waals surface area contributed by atoms with Gasteiger partial charge in [0.15, 0.2) is 0 Å². The highest BCUT2D eigenvalue weighted by molar-refractivity contribution is 7.99. The Bertz CT molecular complexity index is 2630. The van der Waals surface area contributed by atoms with Crippen molar-refractivity contribution in [3.8, 4) is 28.3 Å². The van der Waals surface area contributed by atoms with E-state index in [-0.39, 0.29) is 6.17 Å². The first-order valence-electron chi connectivity index (χ1n) is 17.5. The van der Waals surface area contributed by atoms with Crippen LogP contribution in [0.3, 0.4) is 0 Å². The van der Waals surface area contributed by atoms with Crippen LogP contribution in [-0.4, -0.2) is 5.71 Å². The van der Waals surface area contributed by atoms with E-state index in [4.69, 9.17) is 4.99 Å². The monoisotopic (exact) mass is 681 g/mol. The minimum atomic E-state index is -0.541. The lowest BCUT2D eigenvalue weighted by Gasteiger charge is -2.40. The number of rotatable bonds is 4. The highest BCUT2D eigenvalue weighted by Crippen LogP contribution is 2.62. The quantitative estimate of drug-likeness (QED) is 0.201. The fraction of sp³-hybridized carbons (Fsp3) is 0.0417. The summed E-state index contributed by atoms with van der Waals surface area (Å²) in [6.07, 6.45) is 1.88. The third-order valence-electron chi connectivity index (χ3n) is 10.6. The molecule has 0 radical (unpaired) electrons. The summed E-state index contributed by atoms with van der Waals surface area (Å²) in [5, 5.41) is 13.3. The van der Waals surface area contributed by atoms with Crippen LogP contribution in [0.4, 0.5) is 0 Å². The van der Waals surface area contributed by atoms with E-state index in [1.807, 2.05) is 30.0 Å². The maximum Gasteiger partial charge on any atom is 0.145 e. The first kappa shape index (κ1) is 30.4. The summed E-state index contributed by atoms with van der Waals surface area (Å²) >= 11 is 1.85. The Morgan fingerprint density at radius 2 is 1.19 bits per heavy atom. The number of hydrogen-bond acceptors (Lipinski definition) is 4. The first-order valence-corrected chi connectivity index (χ1v) is 18.4. The van der Waals surface area contributed by atoms with Crippen molar-refractivity contribution in [2.24, 2.45) is 4.99 Å². The average Bonchev–Trinajstić information content (AvgIpc) is 3.51. The predicted molar refractivity (Wildman–Crippen MR) is 211 cm³/mol. The summed E-state index contributed by atoms with van der Waals surface area (Å²) in [7, 11) is 0. The zero-order valence-electron chi connectivity index (χ0n) is 28.1. The van der Waals surface area contributed by atoms with Crippen LogP contribution in [0.25, 0.3) is 28.0 Å². The van der Waals surface area contributed by atoms with Gasteiger partial charge in [0.2, 0.25) is 0 Å².